The molecule has 0 amide bonds. The molecule has 0 aliphatic rings. The second-order valence-corrected chi connectivity index (χ2v) is 1.51. The van der Waals surface area contributed by atoms with Gasteiger partial charge in [0.25, 0.3) is 0 Å². The maximum absolute atomic E-state index is 9.64. The normalized spacial score (nSPS) is 6.91. The lowest BCUT2D eigenvalue weighted by Crippen LogP contribution is -2.00. The van der Waals surface area contributed by atoms with Crippen molar-refractivity contribution in [3.05, 3.63) is 0 Å². The minimum atomic E-state index is -1.08. The molecule has 0 spiro atoms. The van der Waals surface area contributed by atoms with Gasteiger partial charge in [0.05, 0.1) is 18.9 Å². The van der Waals surface area contributed by atoms with E-state index in [9.17, 15) is 9.59 Å². The molecular weight excluding hydrogens is 150 g/mol. The first-order chi connectivity index (χ1) is 5.04. The smallest absolute Gasteiger partial charge is 0.303 e. The largest absolute Gasteiger partial charge is 0.481 e. The van der Waals surface area contributed by atoms with Crippen molar-refractivity contribution in [2.24, 2.45) is 0 Å². The van der Waals surface area contributed by atoms with E-state index in [4.69, 9.17) is 15.5 Å². The summed E-state index contributed by atoms with van der Waals surface area (Å²) in [6, 6.07) is 1.75. The van der Waals surface area contributed by atoms with Gasteiger partial charge >= 0.3 is 11.9 Å². The molecule has 0 aromatic rings. The molecule has 0 rings (SSSR count). The van der Waals surface area contributed by atoms with Gasteiger partial charge in [0.2, 0.25) is 0 Å². The van der Waals surface area contributed by atoms with Gasteiger partial charge in [0, 0.05) is 6.92 Å². The third kappa shape index (κ3) is 29.6. The second kappa shape index (κ2) is 8.43. The van der Waals surface area contributed by atoms with Crippen LogP contribution in [0.5, 0.6) is 0 Å². The Balaban J connectivity index is 0. The molecule has 0 fully saturated rings. The number of aliphatic carboxylic acids is 2. The molecular formula is C6H9NO4. The van der Waals surface area contributed by atoms with Crippen molar-refractivity contribution in [2.45, 2.75) is 19.8 Å². The number of carbonyl (C=O) groups is 2. The number of carboxylic acid groups (broad SMARTS) is 2. The van der Waals surface area contributed by atoms with Crippen LogP contribution in [0.4, 0.5) is 0 Å². The van der Waals surface area contributed by atoms with Crippen LogP contribution in [0.1, 0.15) is 19.8 Å². The Morgan fingerprint density at radius 2 is 1.45 bits per heavy atom. The van der Waals surface area contributed by atoms with Crippen molar-refractivity contribution in [1.82, 2.24) is 0 Å². The molecule has 0 aliphatic carbocycles. The Labute approximate surface area is 63.9 Å². The zero-order valence-electron chi connectivity index (χ0n) is 6.07. The lowest BCUT2D eigenvalue weighted by molar-refractivity contribution is -0.143. The fourth-order valence-electron chi connectivity index (χ4n) is 0.214. The van der Waals surface area contributed by atoms with Crippen molar-refractivity contribution in [2.75, 3.05) is 0 Å². The Hall–Kier alpha value is -1.57. The van der Waals surface area contributed by atoms with E-state index < -0.39 is 11.9 Å². The van der Waals surface area contributed by atoms with Crippen LogP contribution in [0.15, 0.2) is 0 Å². The van der Waals surface area contributed by atoms with Gasteiger partial charge in [-0.2, -0.15) is 5.26 Å². The number of carboxylic acids is 2. The molecule has 0 unspecified atom stereocenters. The lowest BCUT2D eigenvalue weighted by Gasteiger charge is -1.85. The average molecular weight is 159 g/mol. The van der Waals surface area contributed by atoms with Gasteiger partial charge in [-0.15, -0.1) is 0 Å². The van der Waals surface area contributed by atoms with E-state index in [0.717, 1.165) is 0 Å². The van der Waals surface area contributed by atoms with E-state index in [1.807, 2.05) is 0 Å². The first-order valence-corrected chi connectivity index (χ1v) is 2.79. The maximum Gasteiger partial charge on any atom is 0.303 e. The maximum atomic E-state index is 9.64. The van der Waals surface area contributed by atoms with E-state index >= 15 is 0 Å². The average Bonchev–Trinajstić information content (AvgIpc) is 1.85. The number of nitriles is 1. The van der Waals surface area contributed by atoms with Crippen LogP contribution in [0.3, 0.4) is 0 Å². The van der Waals surface area contributed by atoms with Crippen molar-refractivity contribution < 1.29 is 19.8 Å². The van der Waals surface area contributed by atoms with Crippen LogP contribution >= 0.6 is 0 Å². The van der Waals surface area contributed by atoms with Crippen molar-refractivity contribution in [1.29, 1.82) is 5.26 Å². The summed E-state index contributed by atoms with van der Waals surface area (Å²) in [7, 11) is 0. The van der Waals surface area contributed by atoms with Crippen LogP contribution < -0.4 is 0 Å². The second-order valence-electron chi connectivity index (χ2n) is 1.51. The molecule has 0 heterocycles. The number of hydrogen-bond acceptors (Lipinski definition) is 3. The van der Waals surface area contributed by atoms with Crippen LogP contribution in [-0.2, 0) is 9.59 Å². The zero-order valence-corrected chi connectivity index (χ0v) is 6.07. The molecule has 0 saturated heterocycles. The molecule has 5 nitrogen and oxygen atoms in total. The van der Waals surface area contributed by atoms with Crippen molar-refractivity contribution in [3.8, 4) is 6.07 Å². The quantitative estimate of drug-likeness (QED) is 0.623. The minimum Gasteiger partial charge on any atom is -0.481 e. The highest BCUT2D eigenvalue weighted by Crippen LogP contribution is 1.85. The summed E-state index contributed by atoms with van der Waals surface area (Å²) >= 11 is 0. The van der Waals surface area contributed by atoms with Gasteiger partial charge in [-0.25, -0.2) is 0 Å². The zero-order chi connectivity index (χ0) is 9.28. The van der Waals surface area contributed by atoms with Gasteiger partial charge in [-0.1, -0.05) is 0 Å². The van der Waals surface area contributed by atoms with E-state index in [0.29, 0.717) is 0 Å². The first-order valence-electron chi connectivity index (χ1n) is 2.79. The van der Waals surface area contributed by atoms with Gasteiger partial charge < -0.3 is 10.2 Å². The summed E-state index contributed by atoms with van der Waals surface area (Å²) < 4.78 is 0. The van der Waals surface area contributed by atoms with Crippen LogP contribution in [0, 0.1) is 11.3 Å². The summed E-state index contributed by atoms with van der Waals surface area (Å²) in [6.07, 6.45) is -0.593. The molecule has 62 valence electrons. The molecule has 0 radical (unpaired) electrons. The molecule has 0 bridgehead atoms. The van der Waals surface area contributed by atoms with Crippen LogP contribution in [0.25, 0.3) is 0 Å². The first kappa shape index (κ1) is 12.1. The highest BCUT2D eigenvalue weighted by molar-refractivity contribution is 5.75. The molecule has 0 aromatic heterocycles. The summed E-state index contributed by atoms with van der Waals surface area (Å²) in [6.45, 7) is 1.43. The van der Waals surface area contributed by atoms with Crippen molar-refractivity contribution >= 4 is 11.9 Å². The molecule has 0 aromatic carbocycles. The predicted octanol–water partition coefficient (Wildman–Crippen LogP) is 0.466. The van der Waals surface area contributed by atoms with Crippen molar-refractivity contribution in [3.63, 3.8) is 0 Å². The summed E-state index contributed by atoms with van der Waals surface area (Å²) in [4.78, 5) is 19.3. The van der Waals surface area contributed by atoms with Crippen LogP contribution in [0.2, 0.25) is 0 Å². The van der Waals surface area contributed by atoms with Gasteiger partial charge in [-0.3, -0.25) is 9.59 Å². The summed E-state index contributed by atoms with van der Waals surface area (Å²) in [5.41, 5.74) is 0. The molecule has 11 heavy (non-hydrogen) atoms. The van der Waals surface area contributed by atoms with E-state index in [1.54, 1.807) is 6.07 Å². The van der Waals surface area contributed by atoms with Gasteiger partial charge in [-0.05, 0) is 0 Å². The monoisotopic (exact) mass is 159 g/mol. The third-order valence-corrected chi connectivity index (χ3v) is 0.553. The summed E-state index contributed by atoms with van der Waals surface area (Å²) in [5, 5.41) is 23.1. The molecule has 2 N–H and O–H groups in total. The number of hydrogen-bond donors (Lipinski definition) is 2. The highest BCUT2D eigenvalue weighted by atomic mass is 16.4. The third-order valence-electron chi connectivity index (χ3n) is 0.553. The topological polar surface area (TPSA) is 98.4 Å². The Bertz CT molecular complexity index is 156. The lowest BCUT2D eigenvalue weighted by atomic mass is 10.3. The Morgan fingerprint density at radius 1 is 1.27 bits per heavy atom. The number of rotatable bonds is 3. The van der Waals surface area contributed by atoms with E-state index in [1.165, 1.54) is 6.92 Å². The highest BCUT2D eigenvalue weighted by Gasteiger charge is 2.00. The molecule has 5 heteroatoms. The van der Waals surface area contributed by atoms with Crippen LogP contribution in [-0.4, -0.2) is 22.2 Å². The molecule has 0 atom stereocenters. The predicted molar refractivity (Wildman–Crippen MR) is 35.8 cm³/mol. The molecule has 0 saturated carbocycles. The van der Waals surface area contributed by atoms with Gasteiger partial charge in [0.1, 0.15) is 0 Å². The Kier molecular flexibility index (Phi) is 9.30. The van der Waals surface area contributed by atoms with E-state index in [-0.39, 0.29) is 12.8 Å². The fourth-order valence-corrected chi connectivity index (χ4v) is 0.214. The standard InChI is InChI=1S/C4H6O4.C2H3N/c5-3(6)1-2-4(7)8;1-2-3/h1-2H2,(H,5,6)(H,7,8);1H3. The van der Waals surface area contributed by atoms with E-state index in [2.05, 4.69) is 0 Å². The SMILES string of the molecule is CC#N.O=C(O)CCC(=O)O. The fraction of sp³-hybridized carbons (Fsp3) is 0.500. The summed E-state index contributed by atoms with van der Waals surface area (Å²) in [5.74, 6) is -2.15. The van der Waals surface area contributed by atoms with Gasteiger partial charge in [0.15, 0.2) is 0 Å². The number of nitrogens with zero attached hydrogens (tertiary/aromatic N) is 1. The minimum absolute atomic E-state index is 0.296. The Morgan fingerprint density at radius 3 is 1.55 bits per heavy atom. The molecule has 0 aliphatic heterocycles.